The van der Waals surface area contributed by atoms with Gasteiger partial charge in [-0.2, -0.15) is 0 Å². The van der Waals surface area contributed by atoms with E-state index in [-0.39, 0.29) is 58.0 Å². The number of pyridine rings is 1. The zero-order valence-electron chi connectivity index (χ0n) is 28.0. The number of carbonyl (C=O) groups is 6. The average molecular weight is 691 g/mol. The molecule has 1 fully saturated rings. The molecule has 50 heavy (non-hydrogen) atoms. The molecule has 15 heteroatoms. The maximum Gasteiger partial charge on any atom is 0.246 e. The summed E-state index contributed by atoms with van der Waals surface area (Å²) in [5.74, 6) is -3.22. The van der Waals surface area contributed by atoms with Crippen molar-refractivity contribution in [2.75, 3.05) is 45.9 Å². The van der Waals surface area contributed by atoms with Crippen LogP contribution in [-0.2, 0) is 52.9 Å². The molecule has 1 aromatic carbocycles. The van der Waals surface area contributed by atoms with Gasteiger partial charge in [0.25, 0.3) is 0 Å². The highest BCUT2D eigenvalue weighted by Crippen LogP contribution is 2.18. The van der Waals surface area contributed by atoms with Crippen LogP contribution >= 0.6 is 0 Å². The van der Waals surface area contributed by atoms with Gasteiger partial charge in [-0.1, -0.05) is 30.3 Å². The van der Waals surface area contributed by atoms with Crippen molar-refractivity contribution in [1.29, 1.82) is 0 Å². The summed E-state index contributed by atoms with van der Waals surface area (Å²) in [5, 5.41) is 13.9. The van der Waals surface area contributed by atoms with Gasteiger partial charge in [-0.15, -0.1) is 0 Å². The molecule has 1 aromatic heterocycles. The molecular weight excluding hydrogens is 644 g/mol. The van der Waals surface area contributed by atoms with Crippen molar-refractivity contribution in [3.8, 4) is 0 Å². The van der Waals surface area contributed by atoms with Crippen molar-refractivity contribution in [3.05, 3.63) is 77.6 Å². The van der Waals surface area contributed by atoms with E-state index in [1.54, 1.807) is 48.7 Å². The molecule has 2 aliphatic heterocycles. The highest BCUT2D eigenvalue weighted by molar-refractivity contribution is 5.97. The van der Waals surface area contributed by atoms with Gasteiger partial charge in [0, 0.05) is 69.7 Å². The number of nitrogens with zero attached hydrogens (tertiary/aromatic N) is 2. The van der Waals surface area contributed by atoms with E-state index in [0.717, 1.165) is 12.2 Å². The molecule has 2 aliphatic rings. The largest absolute Gasteiger partial charge is 0.378 e. The Kier molecular flexibility index (Phi) is 14.9. The lowest BCUT2D eigenvalue weighted by molar-refractivity contribution is -0.135. The average Bonchev–Trinajstić information content (AvgIpc) is 3.12. The summed E-state index contributed by atoms with van der Waals surface area (Å²) in [4.78, 5) is 84.8. The number of hydrogen-bond acceptors (Lipinski definition) is 9. The van der Waals surface area contributed by atoms with Gasteiger partial charge in [0.05, 0.1) is 25.6 Å². The molecule has 0 radical (unpaired) electrons. The Bertz CT molecular complexity index is 1520. The topological polar surface area (TPSA) is 214 Å². The highest BCUT2D eigenvalue weighted by atomic mass is 16.5. The zero-order chi connectivity index (χ0) is 35.7. The van der Waals surface area contributed by atoms with Crippen LogP contribution in [0.15, 0.2) is 60.8 Å². The summed E-state index contributed by atoms with van der Waals surface area (Å²) in [6.07, 6.45) is 5.09. The van der Waals surface area contributed by atoms with Gasteiger partial charge >= 0.3 is 0 Å². The van der Waals surface area contributed by atoms with Gasteiger partial charge in [-0.05, 0) is 42.5 Å². The van der Waals surface area contributed by atoms with Crippen molar-refractivity contribution < 1.29 is 33.5 Å². The number of ether oxygens (including phenoxy) is 1. The first-order valence-electron chi connectivity index (χ1n) is 16.9. The van der Waals surface area contributed by atoms with Crippen molar-refractivity contribution in [3.63, 3.8) is 0 Å². The van der Waals surface area contributed by atoms with E-state index in [2.05, 4.69) is 31.6 Å². The molecule has 15 nitrogen and oxygen atoms in total. The second kappa shape index (κ2) is 19.7. The minimum atomic E-state index is -0.978. The number of nitrogens with two attached hydrogens (primary N) is 1. The van der Waals surface area contributed by atoms with E-state index in [9.17, 15) is 28.8 Å². The van der Waals surface area contributed by atoms with Crippen LogP contribution in [0.5, 0.6) is 0 Å². The van der Waals surface area contributed by atoms with Gasteiger partial charge in [0.1, 0.15) is 12.1 Å². The zero-order valence-corrected chi connectivity index (χ0v) is 28.0. The molecular formula is C35H46N8O7. The Labute approximate surface area is 291 Å². The Hall–Kier alpha value is -5.15. The molecule has 0 saturated carbocycles. The molecule has 6 amide bonds. The number of hydrogen-bond donors (Lipinski definition) is 6. The lowest BCUT2D eigenvalue weighted by Gasteiger charge is -2.32. The molecule has 268 valence electrons. The van der Waals surface area contributed by atoms with E-state index < -0.39 is 47.5 Å². The second-order valence-electron chi connectivity index (χ2n) is 12.1. The minimum absolute atomic E-state index is 0.0354. The van der Waals surface area contributed by atoms with Gasteiger partial charge in [-0.3, -0.25) is 33.8 Å². The molecule has 1 saturated heterocycles. The molecule has 0 spiro atoms. The summed E-state index contributed by atoms with van der Waals surface area (Å²) in [5.41, 5.74) is 7.36. The van der Waals surface area contributed by atoms with Crippen LogP contribution in [0, 0.1) is 5.92 Å². The summed E-state index contributed by atoms with van der Waals surface area (Å²) in [6, 6.07) is 10.5. The molecule has 0 aliphatic carbocycles. The number of nitrogens with one attached hydrogen (secondary N) is 5. The van der Waals surface area contributed by atoms with Crippen molar-refractivity contribution >= 4 is 35.4 Å². The van der Waals surface area contributed by atoms with E-state index in [0.29, 0.717) is 49.4 Å². The lowest BCUT2D eigenvalue weighted by Crippen LogP contribution is -2.52. The number of amides is 6. The Morgan fingerprint density at radius 3 is 2.52 bits per heavy atom. The lowest BCUT2D eigenvalue weighted by atomic mass is 9.96. The first kappa shape index (κ1) is 37.7. The number of benzene rings is 1. The fourth-order valence-corrected chi connectivity index (χ4v) is 5.72. The first-order valence-corrected chi connectivity index (χ1v) is 16.9. The smallest absolute Gasteiger partial charge is 0.246 e. The highest BCUT2D eigenvalue weighted by Gasteiger charge is 2.31. The van der Waals surface area contributed by atoms with Crippen LogP contribution in [0.2, 0.25) is 0 Å². The second-order valence-corrected chi connectivity index (χ2v) is 12.1. The summed E-state index contributed by atoms with van der Waals surface area (Å²) in [7, 11) is 0. The van der Waals surface area contributed by atoms with Crippen LogP contribution in [-0.4, -0.2) is 103 Å². The van der Waals surface area contributed by atoms with Crippen molar-refractivity contribution in [2.45, 2.75) is 50.7 Å². The fraction of sp³-hybridized carbons (Fsp3) is 0.457. The Morgan fingerprint density at radius 2 is 1.74 bits per heavy atom. The molecule has 0 unspecified atom stereocenters. The molecule has 4 rings (SSSR count). The molecule has 2 aromatic rings. The Balaban J connectivity index is 1.55. The first-order chi connectivity index (χ1) is 24.2. The summed E-state index contributed by atoms with van der Waals surface area (Å²) in [6.45, 7) is 1.79. The fourth-order valence-electron chi connectivity index (χ4n) is 5.72. The maximum atomic E-state index is 13.6. The van der Waals surface area contributed by atoms with E-state index in [1.807, 2.05) is 0 Å². The van der Waals surface area contributed by atoms with Crippen LogP contribution in [0.1, 0.15) is 36.1 Å². The minimum Gasteiger partial charge on any atom is -0.378 e. The Morgan fingerprint density at radius 1 is 0.940 bits per heavy atom. The number of aromatic nitrogens is 1. The van der Waals surface area contributed by atoms with Gasteiger partial charge in [-0.25, -0.2) is 0 Å². The van der Waals surface area contributed by atoms with Crippen LogP contribution < -0.4 is 32.3 Å². The van der Waals surface area contributed by atoms with Crippen molar-refractivity contribution in [2.24, 2.45) is 11.7 Å². The molecule has 7 N–H and O–H groups in total. The maximum absolute atomic E-state index is 13.6. The summed E-state index contributed by atoms with van der Waals surface area (Å²) >= 11 is 0. The number of carbonyl (C=O) groups excluding carboxylic acids is 6. The predicted molar refractivity (Wildman–Crippen MR) is 183 cm³/mol. The third kappa shape index (κ3) is 12.1. The van der Waals surface area contributed by atoms with Gasteiger partial charge in [0.15, 0.2) is 0 Å². The van der Waals surface area contributed by atoms with Gasteiger partial charge in [0.2, 0.25) is 35.4 Å². The molecule has 2 bridgehead atoms. The number of rotatable bonds is 8. The normalized spacial score (nSPS) is 22.0. The summed E-state index contributed by atoms with van der Waals surface area (Å²) < 4.78 is 5.31. The van der Waals surface area contributed by atoms with E-state index >= 15 is 0 Å². The van der Waals surface area contributed by atoms with Crippen LogP contribution in [0.4, 0.5) is 0 Å². The monoisotopic (exact) mass is 690 g/mol. The standard InChI is InChI=1S/C35H46N8O7/c36-13-18-50-19-16-39-34(48)28-12-15-38-30(44)10-11-32(46)43-17-5-8-26(23-43)33(47)42-29(21-27-9-3-4-14-37-27)35(49)40-22-25-7-2-1-6-24(25)20-31(45)41-28/h1-4,6-7,9-11,14,26,28-29H,5,8,12-13,15-23,36H2,(H,38,44)(H,39,48)(H,40,49)(H,41,45)(H,42,47)/b11-10+/t26-,28+,29+/m1/s1. The van der Waals surface area contributed by atoms with E-state index in [1.165, 1.54) is 4.90 Å². The third-order valence-corrected chi connectivity index (χ3v) is 8.37. The molecule has 3 heterocycles. The van der Waals surface area contributed by atoms with Crippen LogP contribution in [0.3, 0.4) is 0 Å². The number of piperidine rings is 1. The van der Waals surface area contributed by atoms with Crippen LogP contribution in [0.25, 0.3) is 0 Å². The van der Waals surface area contributed by atoms with E-state index in [4.69, 9.17) is 10.5 Å². The third-order valence-electron chi connectivity index (χ3n) is 8.37. The SMILES string of the molecule is NCCOCCNC(=O)[C@@H]1CCNC(=O)/C=C/C(=O)N2CCC[C@H](C2)C(=O)N[C@@H](Cc2ccccn2)C(=O)NCc2ccccc2CC(=O)N1. The number of fused-ring (bicyclic) bond motifs is 3. The predicted octanol–water partition coefficient (Wildman–Crippen LogP) is -1.14. The molecule has 3 atom stereocenters. The quantitative estimate of drug-likeness (QED) is 0.185. The van der Waals surface area contributed by atoms with Gasteiger partial charge < -0.3 is 42.0 Å². The van der Waals surface area contributed by atoms with Crippen molar-refractivity contribution in [1.82, 2.24) is 36.5 Å².